The van der Waals surface area contributed by atoms with Gasteiger partial charge in [0.25, 0.3) is 0 Å². The van der Waals surface area contributed by atoms with Crippen LogP contribution in [-0.2, 0) is 0 Å². The standard InChI is InChI=1S/C12H15F/c13-12-7-3-6-11(9-12)8-10-4-1-2-5-10/h3,6,8-10H,1-2,4-5,7H2/b11-8+. The van der Waals surface area contributed by atoms with E-state index in [0.717, 1.165) is 5.57 Å². The lowest BCUT2D eigenvalue weighted by Gasteiger charge is -2.06. The van der Waals surface area contributed by atoms with Gasteiger partial charge in [-0.2, -0.15) is 0 Å². The first kappa shape index (κ1) is 8.74. The van der Waals surface area contributed by atoms with E-state index >= 15 is 0 Å². The Bertz CT molecular complexity index is 265. The molecule has 1 heteroatoms. The summed E-state index contributed by atoms with van der Waals surface area (Å²) in [6.45, 7) is 0. The fraction of sp³-hybridized carbons (Fsp3) is 0.500. The Labute approximate surface area is 78.8 Å². The largest absolute Gasteiger partial charge is 0.211 e. The van der Waals surface area contributed by atoms with E-state index in [0.29, 0.717) is 12.3 Å². The van der Waals surface area contributed by atoms with Crippen LogP contribution in [0, 0.1) is 5.92 Å². The molecule has 0 heterocycles. The van der Waals surface area contributed by atoms with E-state index in [-0.39, 0.29) is 5.83 Å². The molecular formula is C12H15F. The van der Waals surface area contributed by atoms with Crippen molar-refractivity contribution in [3.63, 3.8) is 0 Å². The van der Waals surface area contributed by atoms with Gasteiger partial charge < -0.3 is 0 Å². The zero-order chi connectivity index (χ0) is 9.10. The summed E-state index contributed by atoms with van der Waals surface area (Å²) < 4.78 is 12.9. The lowest BCUT2D eigenvalue weighted by Crippen LogP contribution is -1.90. The van der Waals surface area contributed by atoms with E-state index < -0.39 is 0 Å². The van der Waals surface area contributed by atoms with Gasteiger partial charge in [0.15, 0.2) is 0 Å². The highest BCUT2D eigenvalue weighted by atomic mass is 19.1. The van der Waals surface area contributed by atoms with Crippen molar-refractivity contribution in [1.82, 2.24) is 0 Å². The van der Waals surface area contributed by atoms with Crippen LogP contribution in [0.5, 0.6) is 0 Å². The average molecular weight is 178 g/mol. The molecule has 0 N–H and O–H groups in total. The second-order valence-electron chi connectivity index (χ2n) is 3.91. The van der Waals surface area contributed by atoms with E-state index in [1.807, 2.05) is 12.2 Å². The maximum atomic E-state index is 12.9. The molecule has 0 saturated heterocycles. The van der Waals surface area contributed by atoms with E-state index in [1.165, 1.54) is 25.7 Å². The molecule has 0 radical (unpaired) electrons. The Kier molecular flexibility index (Phi) is 2.62. The minimum atomic E-state index is -0.00764. The lowest BCUT2D eigenvalue weighted by atomic mass is 10.0. The Morgan fingerprint density at radius 1 is 1.31 bits per heavy atom. The first-order valence-electron chi connectivity index (χ1n) is 5.09. The first-order valence-corrected chi connectivity index (χ1v) is 5.09. The molecule has 0 aromatic heterocycles. The molecule has 0 aromatic rings. The summed E-state index contributed by atoms with van der Waals surface area (Å²) in [6, 6.07) is 0. The monoisotopic (exact) mass is 178 g/mol. The van der Waals surface area contributed by atoms with Crippen molar-refractivity contribution < 1.29 is 4.39 Å². The minimum Gasteiger partial charge on any atom is -0.211 e. The number of rotatable bonds is 1. The van der Waals surface area contributed by atoms with Crippen LogP contribution >= 0.6 is 0 Å². The maximum absolute atomic E-state index is 12.9. The predicted molar refractivity (Wildman–Crippen MR) is 53.0 cm³/mol. The van der Waals surface area contributed by atoms with Crippen molar-refractivity contribution in [2.45, 2.75) is 32.1 Å². The fourth-order valence-corrected chi connectivity index (χ4v) is 2.10. The van der Waals surface area contributed by atoms with Crippen LogP contribution in [0.1, 0.15) is 32.1 Å². The summed E-state index contributed by atoms with van der Waals surface area (Å²) in [4.78, 5) is 0. The maximum Gasteiger partial charge on any atom is 0.104 e. The molecule has 2 aliphatic carbocycles. The molecule has 0 nitrogen and oxygen atoms in total. The zero-order valence-electron chi connectivity index (χ0n) is 7.80. The second-order valence-corrected chi connectivity index (χ2v) is 3.91. The van der Waals surface area contributed by atoms with E-state index in [4.69, 9.17) is 0 Å². The van der Waals surface area contributed by atoms with Gasteiger partial charge >= 0.3 is 0 Å². The summed E-state index contributed by atoms with van der Waals surface area (Å²) in [7, 11) is 0. The Morgan fingerprint density at radius 2 is 2.08 bits per heavy atom. The van der Waals surface area contributed by atoms with Gasteiger partial charge in [0.05, 0.1) is 0 Å². The van der Waals surface area contributed by atoms with Crippen molar-refractivity contribution in [1.29, 1.82) is 0 Å². The highest BCUT2D eigenvalue weighted by molar-refractivity contribution is 5.36. The summed E-state index contributed by atoms with van der Waals surface area (Å²) in [5.74, 6) is 0.688. The third-order valence-corrected chi connectivity index (χ3v) is 2.77. The quantitative estimate of drug-likeness (QED) is 0.571. The van der Waals surface area contributed by atoms with Crippen LogP contribution in [0.2, 0.25) is 0 Å². The van der Waals surface area contributed by atoms with Crippen LogP contribution in [0.25, 0.3) is 0 Å². The molecule has 2 rings (SSSR count). The molecule has 1 saturated carbocycles. The SMILES string of the molecule is FC1=C/C(=C/C2CCCC2)C=CC1. The van der Waals surface area contributed by atoms with Crippen molar-refractivity contribution in [2.75, 3.05) is 0 Å². The lowest BCUT2D eigenvalue weighted by molar-refractivity contribution is 0.613. The highest BCUT2D eigenvalue weighted by Crippen LogP contribution is 2.28. The molecule has 13 heavy (non-hydrogen) atoms. The molecule has 0 spiro atoms. The van der Waals surface area contributed by atoms with Crippen molar-refractivity contribution in [2.24, 2.45) is 5.92 Å². The number of allylic oxidation sites excluding steroid dienone is 6. The summed E-state index contributed by atoms with van der Waals surface area (Å²) in [5, 5.41) is 0. The molecular weight excluding hydrogens is 163 g/mol. The summed E-state index contributed by atoms with van der Waals surface area (Å²) in [6.07, 6.45) is 13.5. The summed E-state index contributed by atoms with van der Waals surface area (Å²) in [5.41, 5.74) is 1.07. The van der Waals surface area contributed by atoms with Gasteiger partial charge in [-0.05, 0) is 30.4 Å². The Morgan fingerprint density at radius 3 is 2.77 bits per heavy atom. The molecule has 0 amide bonds. The minimum absolute atomic E-state index is 0.00764. The molecule has 2 aliphatic rings. The molecule has 70 valence electrons. The van der Waals surface area contributed by atoms with Gasteiger partial charge in [0.1, 0.15) is 5.83 Å². The summed E-state index contributed by atoms with van der Waals surface area (Å²) >= 11 is 0. The van der Waals surface area contributed by atoms with Gasteiger partial charge in [-0.1, -0.05) is 31.1 Å². The molecule has 0 aromatic carbocycles. The van der Waals surface area contributed by atoms with Crippen LogP contribution in [0.15, 0.2) is 35.7 Å². The van der Waals surface area contributed by atoms with Crippen molar-refractivity contribution in [3.05, 3.63) is 35.7 Å². The smallest absolute Gasteiger partial charge is 0.104 e. The third-order valence-electron chi connectivity index (χ3n) is 2.77. The Hall–Kier alpha value is -0.850. The fourth-order valence-electron chi connectivity index (χ4n) is 2.10. The van der Waals surface area contributed by atoms with E-state index in [9.17, 15) is 4.39 Å². The average Bonchev–Trinajstić information content (AvgIpc) is 2.57. The second kappa shape index (κ2) is 3.91. The first-order chi connectivity index (χ1) is 6.34. The number of hydrogen-bond acceptors (Lipinski definition) is 0. The van der Waals surface area contributed by atoms with Crippen LogP contribution < -0.4 is 0 Å². The molecule has 0 unspecified atom stereocenters. The van der Waals surface area contributed by atoms with Gasteiger partial charge in [0, 0.05) is 6.42 Å². The molecule has 1 fully saturated rings. The predicted octanol–water partition coefficient (Wildman–Crippen LogP) is 3.92. The molecule has 0 atom stereocenters. The van der Waals surface area contributed by atoms with Crippen LogP contribution in [-0.4, -0.2) is 0 Å². The van der Waals surface area contributed by atoms with Crippen molar-refractivity contribution in [3.8, 4) is 0 Å². The third kappa shape index (κ3) is 2.30. The number of halogens is 1. The van der Waals surface area contributed by atoms with Crippen LogP contribution in [0.4, 0.5) is 4.39 Å². The van der Waals surface area contributed by atoms with Crippen molar-refractivity contribution >= 4 is 0 Å². The highest BCUT2D eigenvalue weighted by Gasteiger charge is 2.12. The van der Waals surface area contributed by atoms with Gasteiger partial charge in [0.2, 0.25) is 0 Å². The van der Waals surface area contributed by atoms with E-state index in [1.54, 1.807) is 6.08 Å². The van der Waals surface area contributed by atoms with Crippen LogP contribution in [0.3, 0.4) is 0 Å². The molecule has 0 bridgehead atoms. The zero-order valence-corrected chi connectivity index (χ0v) is 7.80. The normalized spacial score (nSPS) is 26.8. The topological polar surface area (TPSA) is 0 Å². The Balaban J connectivity index is 2.05. The number of hydrogen-bond donors (Lipinski definition) is 0. The van der Waals surface area contributed by atoms with Gasteiger partial charge in [-0.3, -0.25) is 0 Å². The molecule has 0 aliphatic heterocycles. The van der Waals surface area contributed by atoms with E-state index in [2.05, 4.69) is 6.08 Å². The van der Waals surface area contributed by atoms with Gasteiger partial charge in [-0.25, -0.2) is 4.39 Å². The van der Waals surface area contributed by atoms with Gasteiger partial charge in [-0.15, -0.1) is 0 Å².